The summed E-state index contributed by atoms with van der Waals surface area (Å²) in [5.41, 5.74) is 0.313. The second kappa shape index (κ2) is 6.60. The second-order valence-electron chi connectivity index (χ2n) is 5.45. The molecule has 0 bridgehead atoms. The quantitative estimate of drug-likeness (QED) is 0.899. The van der Waals surface area contributed by atoms with Crippen molar-refractivity contribution in [2.75, 3.05) is 33.3 Å². The van der Waals surface area contributed by atoms with Crippen LogP contribution in [0, 0.1) is 0 Å². The van der Waals surface area contributed by atoms with E-state index in [1.54, 1.807) is 0 Å². The average molecular weight is 283 g/mol. The molecular weight excluding hydrogens is 260 g/mol. The van der Waals surface area contributed by atoms with E-state index in [9.17, 15) is 0 Å². The maximum absolute atomic E-state index is 5.84. The Hall–Kier alpha value is -0.770. The van der Waals surface area contributed by atoms with E-state index < -0.39 is 0 Å². The van der Waals surface area contributed by atoms with Gasteiger partial charge in [0.05, 0.1) is 0 Å². The van der Waals surface area contributed by atoms with Crippen molar-refractivity contribution in [3.05, 3.63) is 29.3 Å². The van der Waals surface area contributed by atoms with E-state index >= 15 is 0 Å². The smallest absolute Gasteiger partial charge is 0.119 e. The number of hydrogen-bond acceptors (Lipinski definition) is 3. The fourth-order valence-electron chi connectivity index (χ4n) is 2.34. The Kier molecular flexibility index (Phi) is 5.08. The van der Waals surface area contributed by atoms with E-state index in [4.69, 9.17) is 16.3 Å². The SMILES string of the molecule is CNC1(C)CCN(CCOc2ccc(Cl)cc2)CC1. The van der Waals surface area contributed by atoms with Gasteiger partial charge in [-0.2, -0.15) is 0 Å². The molecular formula is C15H23ClN2O. The lowest BCUT2D eigenvalue weighted by Crippen LogP contribution is -2.50. The minimum atomic E-state index is 0.313. The molecule has 0 unspecified atom stereocenters. The zero-order valence-corrected chi connectivity index (χ0v) is 12.5. The molecule has 1 aliphatic heterocycles. The number of nitrogens with one attached hydrogen (secondary N) is 1. The molecule has 1 fully saturated rings. The van der Waals surface area contributed by atoms with Crippen LogP contribution in [-0.4, -0.2) is 43.7 Å². The summed E-state index contributed by atoms with van der Waals surface area (Å²) in [4.78, 5) is 2.47. The van der Waals surface area contributed by atoms with E-state index in [1.165, 1.54) is 12.8 Å². The van der Waals surface area contributed by atoms with Gasteiger partial charge in [-0.3, -0.25) is 4.90 Å². The lowest BCUT2D eigenvalue weighted by molar-refractivity contribution is 0.132. The third-order valence-corrected chi connectivity index (χ3v) is 4.31. The van der Waals surface area contributed by atoms with Crippen LogP contribution in [0.3, 0.4) is 0 Å². The largest absolute Gasteiger partial charge is 0.492 e. The number of likely N-dealkylation sites (tertiary alicyclic amines) is 1. The minimum Gasteiger partial charge on any atom is -0.492 e. The number of piperidine rings is 1. The van der Waals surface area contributed by atoms with Crippen LogP contribution in [0.5, 0.6) is 5.75 Å². The molecule has 0 saturated carbocycles. The molecule has 0 spiro atoms. The summed E-state index contributed by atoms with van der Waals surface area (Å²) < 4.78 is 5.73. The summed E-state index contributed by atoms with van der Waals surface area (Å²) in [7, 11) is 2.05. The van der Waals surface area contributed by atoms with Crippen LogP contribution in [0.1, 0.15) is 19.8 Å². The first-order chi connectivity index (χ1) is 9.11. The molecule has 1 saturated heterocycles. The van der Waals surface area contributed by atoms with Crippen molar-refractivity contribution in [1.29, 1.82) is 0 Å². The number of hydrogen-bond donors (Lipinski definition) is 1. The van der Waals surface area contributed by atoms with Crippen LogP contribution < -0.4 is 10.1 Å². The number of halogens is 1. The molecule has 1 heterocycles. The number of ether oxygens (including phenoxy) is 1. The molecule has 0 atom stereocenters. The Bertz CT molecular complexity index is 386. The van der Waals surface area contributed by atoms with Crippen LogP contribution in [0.25, 0.3) is 0 Å². The third-order valence-electron chi connectivity index (χ3n) is 4.05. The highest BCUT2D eigenvalue weighted by Gasteiger charge is 2.27. The molecule has 0 aliphatic carbocycles. The van der Waals surface area contributed by atoms with Gasteiger partial charge in [0.25, 0.3) is 0 Å². The van der Waals surface area contributed by atoms with Crippen molar-refractivity contribution in [1.82, 2.24) is 10.2 Å². The summed E-state index contributed by atoms with van der Waals surface area (Å²) in [5, 5.41) is 4.16. The van der Waals surface area contributed by atoms with Gasteiger partial charge < -0.3 is 10.1 Å². The molecule has 1 aromatic rings. The van der Waals surface area contributed by atoms with Gasteiger partial charge in [0.2, 0.25) is 0 Å². The van der Waals surface area contributed by atoms with Gasteiger partial charge >= 0.3 is 0 Å². The standard InChI is InChI=1S/C15H23ClN2O/c1-15(17-2)7-9-18(10-8-15)11-12-19-14-5-3-13(16)4-6-14/h3-6,17H,7-12H2,1-2H3. The van der Waals surface area contributed by atoms with E-state index in [-0.39, 0.29) is 0 Å². The van der Waals surface area contributed by atoms with Crippen LogP contribution in [0.4, 0.5) is 0 Å². The zero-order valence-electron chi connectivity index (χ0n) is 11.8. The summed E-state index contributed by atoms with van der Waals surface area (Å²) >= 11 is 5.84. The van der Waals surface area contributed by atoms with Crippen LogP contribution in [0.15, 0.2) is 24.3 Å². The lowest BCUT2D eigenvalue weighted by Gasteiger charge is -2.39. The van der Waals surface area contributed by atoms with Crippen molar-refractivity contribution >= 4 is 11.6 Å². The Labute approximate surface area is 120 Å². The van der Waals surface area contributed by atoms with Gasteiger partial charge in [0.15, 0.2) is 0 Å². The summed E-state index contributed by atoms with van der Waals surface area (Å²) in [6.45, 7) is 6.30. The van der Waals surface area contributed by atoms with Crippen molar-refractivity contribution in [3.8, 4) is 5.75 Å². The third kappa shape index (κ3) is 4.37. The van der Waals surface area contributed by atoms with Crippen molar-refractivity contribution in [2.45, 2.75) is 25.3 Å². The van der Waals surface area contributed by atoms with Gasteiger partial charge in [-0.25, -0.2) is 0 Å². The summed E-state index contributed by atoms with van der Waals surface area (Å²) in [6.07, 6.45) is 2.40. The molecule has 0 aromatic heterocycles. The molecule has 0 amide bonds. The molecule has 2 rings (SSSR count). The zero-order chi connectivity index (χ0) is 13.7. The molecule has 106 valence electrons. The monoisotopic (exact) mass is 282 g/mol. The van der Waals surface area contributed by atoms with Gasteiger partial charge in [0, 0.05) is 30.2 Å². The van der Waals surface area contributed by atoms with Crippen molar-refractivity contribution < 1.29 is 4.74 Å². The molecule has 0 radical (unpaired) electrons. The highest BCUT2D eigenvalue weighted by Crippen LogP contribution is 2.21. The van der Waals surface area contributed by atoms with E-state index in [1.807, 2.05) is 24.3 Å². The Morgan fingerprint density at radius 3 is 2.47 bits per heavy atom. The van der Waals surface area contributed by atoms with Gasteiger partial charge in [-0.1, -0.05) is 11.6 Å². The average Bonchev–Trinajstić information content (AvgIpc) is 2.43. The first-order valence-corrected chi connectivity index (χ1v) is 7.29. The molecule has 4 heteroatoms. The molecule has 1 N–H and O–H groups in total. The van der Waals surface area contributed by atoms with Crippen molar-refractivity contribution in [2.24, 2.45) is 0 Å². The Balaban J connectivity index is 1.68. The Morgan fingerprint density at radius 1 is 1.26 bits per heavy atom. The van der Waals surface area contributed by atoms with E-state index in [2.05, 4.69) is 24.2 Å². The first kappa shape index (κ1) is 14.6. The summed E-state index contributed by atoms with van der Waals surface area (Å²) in [5.74, 6) is 0.890. The lowest BCUT2D eigenvalue weighted by atomic mass is 9.90. The van der Waals surface area contributed by atoms with Crippen LogP contribution in [-0.2, 0) is 0 Å². The molecule has 3 nitrogen and oxygen atoms in total. The topological polar surface area (TPSA) is 24.5 Å². The van der Waals surface area contributed by atoms with Crippen LogP contribution in [0.2, 0.25) is 5.02 Å². The number of nitrogens with zero attached hydrogens (tertiary/aromatic N) is 1. The molecule has 1 aliphatic rings. The predicted octanol–water partition coefficient (Wildman–Crippen LogP) is 2.79. The predicted molar refractivity (Wildman–Crippen MR) is 80.1 cm³/mol. The normalized spacial score (nSPS) is 19.3. The van der Waals surface area contributed by atoms with Crippen LogP contribution >= 0.6 is 11.6 Å². The second-order valence-corrected chi connectivity index (χ2v) is 5.89. The fraction of sp³-hybridized carbons (Fsp3) is 0.600. The summed E-state index contributed by atoms with van der Waals surface area (Å²) in [6, 6.07) is 7.54. The van der Waals surface area contributed by atoms with Gasteiger partial charge in [-0.05, 0) is 51.1 Å². The number of rotatable bonds is 5. The Morgan fingerprint density at radius 2 is 1.89 bits per heavy atom. The van der Waals surface area contributed by atoms with Gasteiger partial charge in [-0.15, -0.1) is 0 Å². The molecule has 1 aromatic carbocycles. The van der Waals surface area contributed by atoms with Crippen molar-refractivity contribution in [3.63, 3.8) is 0 Å². The fourth-order valence-corrected chi connectivity index (χ4v) is 2.47. The maximum atomic E-state index is 5.84. The van der Waals surface area contributed by atoms with Gasteiger partial charge in [0.1, 0.15) is 12.4 Å². The maximum Gasteiger partial charge on any atom is 0.119 e. The van der Waals surface area contributed by atoms with E-state index in [0.717, 1.165) is 37.0 Å². The number of benzene rings is 1. The molecule has 19 heavy (non-hydrogen) atoms. The minimum absolute atomic E-state index is 0.313. The highest BCUT2D eigenvalue weighted by atomic mass is 35.5. The van der Waals surface area contributed by atoms with E-state index in [0.29, 0.717) is 5.54 Å². The highest BCUT2D eigenvalue weighted by molar-refractivity contribution is 6.30. The first-order valence-electron chi connectivity index (χ1n) is 6.91.